The van der Waals surface area contributed by atoms with Gasteiger partial charge in [-0.15, -0.1) is 0 Å². The SMILES string of the molecule is Cn1c(-c2cc(-c3ccc(Cl)cc3)nc3ccccc23)n[nH]c1=S. The van der Waals surface area contributed by atoms with Crippen molar-refractivity contribution in [1.29, 1.82) is 0 Å². The Morgan fingerprint density at radius 1 is 1.08 bits per heavy atom. The second-order valence-electron chi connectivity index (χ2n) is 5.49. The molecule has 118 valence electrons. The van der Waals surface area contributed by atoms with E-state index in [0.29, 0.717) is 9.79 Å². The van der Waals surface area contributed by atoms with Gasteiger partial charge in [-0.05, 0) is 36.5 Å². The normalized spacial score (nSPS) is 11.1. The number of nitrogens with one attached hydrogen (secondary N) is 1. The van der Waals surface area contributed by atoms with E-state index in [2.05, 4.69) is 10.2 Å². The second kappa shape index (κ2) is 5.85. The van der Waals surface area contributed by atoms with Crippen molar-refractivity contribution in [2.75, 3.05) is 0 Å². The summed E-state index contributed by atoms with van der Waals surface area (Å²) in [7, 11) is 1.90. The van der Waals surface area contributed by atoms with E-state index in [0.717, 1.165) is 33.5 Å². The average Bonchev–Trinajstić information content (AvgIpc) is 2.94. The van der Waals surface area contributed by atoms with Crippen molar-refractivity contribution in [3.8, 4) is 22.6 Å². The maximum Gasteiger partial charge on any atom is 0.195 e. The fraction of sp³-hybridized carbons (Fsp3) is 0.0556. The largest absolute Gasteiger partial charge is 0.303 e. The van der Waals surface area contributed by atoms with Crippen molar-refractivity contribution < 1.29 is 0 Å². The van der Waals surface area contributed by atoms with Gasteiger partial charge >= 0.3 is 0 Å². The molecule has 4 aromatic rings. The van der Waals surface area contributed by atoms with Crippen LogP contribution in [0.3, 0.4) is 0 Å². The first-order valence-corrected chi connectivity index (χ1v) is 8.19. The summed E-state index contributed by atoms with van der Waals surface area (Å²) in [6.45, 7) is 0. The summed E-state index contributed by atoms with van der Waals surface area (Å²) < 4.78 is 2.45. The van der Waals surface area contributed by atoms with Gasteiger partial charge in [0.2, 0.25) is 0 Å². The minimum atomic E-state index is 0.582. The number of halogens is 1. The molecule has 0 spiro atoms. The number of hydrogen-bond acceptors (Lipinski definition) is 3. The monoisotopic (exact) mass is 352 g/mol. The molecule has 0 fully saturated rings. The number of H-pyrrole nitrogens is 1. The number of fused-ring (bicyclic) bond motifs is 1. The molecule has 0 aliphatic carbocycles. The lowest BCUT2D eigenvalue weighted by Crippen LogP contribution is -1.96. The van der Waals surface area contributed by atoms with Gasteiger partial charge in [-0.2, -0.15) is 5.10 Å². The summed E-state index contributed by atoms with van der Waals surface area (Å²) in [5.41, 5.74) is 3.77. The summed E-state index contributed by atoms with van der Waals surface area (Å²) in [6, 6.07) is 17.7. The third kappa shape index (κ3) is 2.52. The van der Waals surface area contributed by atoms with Gasteiger partial charge in [0.05, 0.1) is 11.2 Å². The molecular weight excluding hydrogens is 340 g/mol. The van der Waals surface area contributed by atoms with Crippen molar-refractivity contribution in [2.24, 2.45) is 7.05 Å². The van der Waals surface area contributed by atoms with Crippen LogP contribution in [0.4, 0.5) is 0 Å². The lowest BCUT2D eigenvalue weighted by Gasteiger charge is -2.09. The smallest absolute Gasteiger partial charge is 0.195 e. The molecule has 2 aromatic heterocycles. The quantitative estimate of drug-likeness (QED) is 0.515. The Hall–Kier alpha value is -2.50. The number of benzene rings is 2. The maximum atomic E-state index is 6.00. The molecule has 0 aliphatic rings. The Morgan fingerprint density at radius 2 is 1.83 bits per heavy atom. The minimum absolute atomic E-state index is 0.582. The van der Waals surface area contributed by atoms with Gasteiger partial charge in [-0.3, -0.25) is 5.10 Å². The minimum Gasteiger partial charge on any atom is -0.303 e. The van der Waals surface area contributed by atoms with Gasteiger partial charge in [0, 0.05) is 28.6 Å². The Kier molecular flexibility index (Phi) is 3.67. The first-order valence-electron chi connectivity index (χ1n) is 7.41. The van der Waals surface area contributed by atoms with Gasteiger partial charge in [0.15, 0.2) is 10.6 Å². The summed E-state index contributed by atoms with van der Waals surface area (Å²) in [4.78, 5) is 4.78. The van der Waals surface area contributed by atoms with E-state index < -0.39 is 0 Å². The standard InChI is InChI=1S/C18H13ClN4S/c1-23-17(21-22-18(23)24)14-10-16(11-6-8-12(19)9-7-11)20-15-5-3-2-4-13(14)15/h2-10H,1H3,(H,22,24). The number of hydrogen-bond donors (Lipinski definition) is 1. The molecule has 2 aromatic carbocycles. The number of nitrogens with zero attached hydrogens (tertiary/aromatic N) is 3. The molecule has 6 heteroatoms. The Balaban J connectivity index is 2.03. The first-order chi connectivity index (χ1) is 11.6. The first kappa shape index (κ1) is 15.1. The highest BCUT2D eigenvalue weighted by atomic mass is 35.5. The van der Waals surface area contributed by atoms with Crippen LogP contribution in [0.15, 0.2) is 54.6 Å². The molecule has 0 saturated heterocycles. The van der Waals surface area contributed by atoms with E-state index in [1.807, 2.05) is 66.2 Å². The molecule has 1 N–H and O–H groups in total. The van der Waals surface area contributed by atoms with Crippen LogP contribution in [0.1, 0.15) is 0 Å². The molecular formula is C18H13ClN4S. The Morgan fingerprint density at radius 3 is 2.54 bits per heavy atom. The topological polar surface area (TPSA) is 46.5 Å². The van der Waals surface area contributed by atoms with Crippen LogP contribution >= 0.6 is 23.8 Å². The van der Waals surface area contributed by atoms with E-state index in [-0.39, 0.29) is 0 Å². The van der Waals surface area contributed by atoms with Crippen LogP contribution < -0.4 is 0 Å². The lowest BCUT2D eigenvalue weighted by molar-refractivity contribution is 0.902. The average molecular weight is 353 g/mol. The van der Waals surface area contributed by atoms with Crippen molar-refractivity contribution in [2.45, 2.75) is 0 Å². The number of pyridine rings is 1. The number of para-hydroxylation sites is 1. The van der Waals surface area contributed by atoms with Crippen LogP contribution in [-0.4, -0.2) is 19.7 Å². The van der Waals surface area contributed by atoms with Crippen LogP contribution in [0, 0.1) is 4.77 Å². The highest BCUT2D eigenvalue weighted by molar-refractivity contribution is 7.71. The summed E-state index contributed by atoms with van der Waals surface area (Å²) >= 11 is 11.2. The molecule has 0 saturated carbocycles. The van der Waals surface area contributed by atoms with E-state index in [9.17, 15) is 0 Å². The van der Waals surface area contributed by atoms with Crippen LogP contribution in [-0.2, 0) is 7.05 Å². The molecule has 0 aliphatic heterocycles. The molecule has 4 nitrogen and oxygen atoms in total. The Bertz CT molecular complexity index is 1100. The van der Waals surface area contributed by atoms with E-state index in [1.54, 1.807) is 0 Å². The second-order valence-corrected chi connectivity index (χ2v) is 6.31. The molecule has 2 heterocycles. The number of aromatic amines is 1. The number of aromatic nitrogens is 4. The van der Waals surface area contributed by atoms with Gasteiger partial charge in [-0.25, -0.2) is 4.98 Å². The van der Waals surface area contributed by atoms with E-state index >= 15 is 0 Å². The van der Waals surface area contributed by atoms with Crippen LogP contribution in [0.2, 0.25) is 5.02 Å². The van der Waals surface area contributed by atoms with E-state index in [4.69, 9.17) is 28.8 Å². The third-order valence-corrected chi connectivity index (χ3v) is 4.59. The van der Waals surface area contributed by atoms with E-state index in [1.165, 1.54) is 0 Å². The zero-order valence-electron chi connectivity index (χ0n) is 12.8. The molecule has 24 heavy (non-hydrogen) atoms. The van der Waals surface area contributed by atoms with Crippen molar-refractivity contribution >= 4 is 34.7 Å². The zero-order chi connectivity index (χ0) is 16.7. The van der Waals surface area contributed by atoms with Gasteiger partial charge in [0.1, 0.15) is 0 Å². The zero-order valence-corrected chi connectivity index (χ0v) is 14.4. The number of rotatable bonds is 2. The molecule has 0 bridgehead atoms. The van der Waals surface area contributed by atoms with Gasteiger partial charge < -0.3 is 4.57 Å². The lowest BCUT2D eigenvalue weighted by atomic mass is 10.0. The fourth-order valence-corrected chi connectivity index (χ4v) is 2.97. The van der Waals surface area contributed by atoms with Gasteiger partial charge in [0.25, 0.3) is 0 Å². The molecule has 0 atom stereocenters. The maximum absolute atomic E-state index is 6.00. The summed E-state index contributed by atoms with van der Waals surface area (Å²) in [5, 5.41) is 8.96. The predicted molar refractivity (Wildman–Crippen MR) is 99.6 cm³/mol. The Labute approximate surface area is 148 Å². The highest BCUT2D eigenvalue weighted by Gasteiger charge is 2.13. The van der Waals surface area contributed by atoms with Crippen LogP contribution in [0.25, 0.3) is 33.5 Å². The summed E-state index contributed by atoms with van der Waals surface area (Å²) in [6.07, 6.45) is 0. The van der Waals surface area contributed by atoms with Crippen molar-refractivity contribution in [3.63, 3.8) is 0 Å². The molecule has 0 amide bonds. The molecule has 0 radical (unpaired) electrons. The summed E-state index contributed by atoms with van der Waals surface area (Å²) in [5.74, 6) is 0.786. The highest BCUT2D eigenvalue weighted by Crippen LogP contribution is 2.31. The fourth-order valence-electron chi connectivity index (χ4n) is 2.72. The van der Waals surface area contributed by atoms with Crippen molar-refractivity contribution in [3.05, 3.63) is 64.4 Å². The van der Waals surface area contributed by atoms with Crippen LogP contribution in [0.5, 0.6) is 0 Å². The molecule has 4 rings (SSSR count). The molecule has 0 unspecified atom stereocenters. The van der Waals surface area contributed by atoms with Crippen molar-refractivity contribution in [1.82, 2.24) is 19.7 Å². The predicted octanol–water partition coefficient (Wildman–Crippen LogP) is 5.01. The third-order valence-electron chi connectivity index (χ3n) is 3.98. The van der Waals surface area contributed by atoms with Gasteiger partial charge in [-0.1, -0.05) is 41.9 Å².